The van der Waals surface area contributed by atoms with Crippen molar-refractivity contribution in [3.05, 3.63) is 65.5 Å². The number of halogens is 3. The van der Waals surface area contributed by atoms with Crippen LogP contribution >= 0.6 is 0 Å². The molecule has 2 rings (SSSR count). The lowest BCUT2D eigenvalue weighted by Crippen LogP contribution is -2.03. The Morgan fingerprint density at radius 2 is 1.61 bits per heavy atom. The molecule has 1 nitrogen and oxygen atoms in total. The molecule has 0 bridgehead atoms. The van der Waals surface area contributed by atoms with Crippen molar-refractivity contribution in [2.75, 3.05) is 0 Å². The Bertz CT molecular complexity index is 527. The molecule has 1 aromatic carbocycles. The zero-order chi connectivity index (χ0) is 13.0. The van der Waals surface area contributed by atoms with E-state index in [0.29, 0.717) is 5.56 Å². The third-order valence-corrected chi connectivity index (χ3v) is 2.37. The zero-order valence-electron chi connectivity index (χ0n) is 9.35. The fourth-order valence-corrected chi connectivity index (χ4v) is 1.44. The Morgan fingerprint density at radius 1 is 0.889 bits per heavy atom. The molecule has 18 heavy (non-hydrogen) atoms. The molecule has 1 aromatic heterocycles. The van der Waals surface area contributed by atoms with Gasteiger partial charge in [-0.15, -0.1) is 0 Å². The maximum absolute atomic E-state index is 12.3. The summed E-state index contributed by atoms with van der Waals surface area (Å²) in [5.74, 6) is 0. The standard InChI is InChI=1S/C14H10F3N/c15-14(16,17)12-7-4-11(5-8-12)6-9-13-3-1-2-10-18-13/h1-10H/b9-6+. The van der Waals surface area contributed by atoms with Crippen molar-refractivity contribution in [3.63, 3.8) is 0 Å². The summed E-state index contributed by atoms with van der Waals surface area (Å²) in [6.45, 7) is 0. The van der Waals surface area contributed by atoms with Crippen LogP contribution in [0.3, 0.4) is 0 Å². The maximum Gasteiger partial charge on any atom is 0.416 e. The molecule has 0 amide bonds. The molecule has 0 fully saturated rings. The number of pyridine rings is 1. The number of hydrogen-bond donors (Lipinski definition) is 0. The second kappa shape index (κ2) is 5.04. The van der Waals surface area contributed by atoms with Crippen LogP contribution in [0.25, 0.3) is 12.2 Å². The van der Waals surface area contributed by atoms with Crippen molar-refractivity contribution in [2.45, 2.75) is 6.18 Å². The third-order valence-electron chi connectivity index (χ3n) is 2.37. The summed E-state index contributed by atoms with van der Waals surface area (Å²) in [4.78, 5) is 4.08. The normalized spacial score (nSPS) is 11.9. The van der Waals surface area contributed by atoms with Gasteiger partial charge in [-0.25, -0.2) is 0 Å². The SMILES string of the molecule is FC(F)(F)c1ccc(/C=C/c2ccccn2)cc1. The van der Waals surface area contributed by atoms with Crippen molar-refractivity contribution >= 4 is 12.2 Å². The molecule has 1 heterocycles. The molecule has 0 saturated carbocycles. The van der Waals surface area contributed by atoms with E-state index < -0.39 is 11.7 Å². The Hall–Kier alpha value is -2.10. The van der Waals surface area contributed by atoms with Gasteiger partial charge in [-0.3, -0.25) is 4.98 Å². The molecule has 0 spiro atoms. The summed E-state index contributed by atoms with van der Waals surface area (Å²) in [6.07, 6.45) is 0.848. The third kappa shape index (κ3) is 3.20. The van der Waals surface area contributed by atoms with Crippen LogP contribution in [0.15, 0.2) is 48.7 Å². The van der Waals surface area contributed by atoms with E-state index in [0.717, 1.165) is 17.8 Å². The van der Waals surface area contributed by atoms with Crippen molar-refractivity contribution in [1.82, 2.24) is 4.98 Å². The van der Waals surface area contributed by atoms with E-state index in [1.165, 1.54) is 12.1 Å². The van der Waals surface area contributed by atoms with Crippen LogP contribution in [-0.2, 0) is 6.18 Å². The molecule has 4 heteroatoms. The summed E-state index contributed by atoms with van der Waals surface area (Å²) in [5, 5.41) is 0. The monoisotopic (exact) mass is 249 g/mol. The minimum atomic E-state index is -4.29. The highest BCUT2D eigenvalue weighted by molar-refractivity contribution is 5.67. The van der Waals surface area contributed by atoms with Crippen LogP contribution in [0.2, 0.25) is 0 Å². The van der Waals surface area contributed by atoms with Crippen LogP contribution in [0, 0.1) is 0 Å². The lowest BCUT2D eigenvalue weighted by Gasteiger charge is -2.05. The summed E-state index contributed by atoms with van der Waals surface area (Å²) >= 11 is 0. The van der Waals surface area contributed by atoms with Gasteiger partial charge in [-0.1, -0.05) is 24.3 Å². The topological polar surface area (TPSA) is 12.9 Å². The highest BCUT2D eigenvalue weighted by Crippen LogP contribution is 2.29. The Labute approximate surface area is 103 Å². The molecule has 92 valence electrons. The molecule has 0 unspecified atom stereocenters. The molecule has 0 aliphatic rings. The van der Waals surface area contributed by atoms with Crippen molar-refractivity contribution in [2.24, 2.45) is 0 Å². The fraction of sp³-hybridized carbons (Fsp3) is 0.0714. The van der Waals surface area contributed by atoms with E-state index in [2.05, 4.69) is 4.98 Å². The Kier molecular flexibility index (Phi) is 3.46. The van der Waals surface area contributed by atoms with E-state index in [1.54, 1.807) is 24.4 Å². The van der Waals surface area contributed by atoms with E-state index in [-0.39, 0.29) is 0 Å². The van der Waals surface area contributed by atoms with E-state index in [4.69, 9.17) is 0 Å². The molecule has 0 saturated heterocycles. The van der Waals surface area contributed by atoms with Crippen LogP contribution in [0.1, 0.15) is 16.8 Å². The first-order chi connectivity index (χ1) is 8.55. The number of rotatable bonds is 2. The Balaban J connectivity index is 2.14. The molecule has 2 aromatic rings. The summed E-state index contributed by atoms with van der Waals surface area (Å²) in [7, 11) is 0. The number of nitrogens with zero attached hydrogens (tertiary/aromatic N) is 1. The highest BCUT2D eigenvalue weighted by atomic mass is 19.4. The van der Waals surface area contributed by atoms with Gasteiger partial charge >= 0.3 is 6.18 Å². The van der Waals surface area contributed by atoms with Gasteiger partial charge in [0.2, 0.25) is 0 Å². The maximum atomic E-state index is 12.3. The van der Waals surface area contributed by atoms with Crippen LogP contribution in [0.5, 0.6) is 0 Å². The summed E-state index contributed by atoms with van der Waals surface area (Å²) in [6, 6.07) is 10.5. The van der Waals surface area contributed by atoms with Crippen molar-refractivity contribution in [3.8, 4) is 0 Å². The van der Waals surface area contributed by atoms with Crippen molar-refractivity contribution < 1.29 is 13.2 Å². The van der Waals surface area contributed by atoms with Crippen LogP contribution < -0.4 is 0 Å². The predicted octanol–water partition coefficient (Wildman–Crippen LogP) is 4.27. The Morgan fingerprint density at radius 3 is 2.17 bits per heavy atom. The first-order valence-corrected chi connectivity index (χ1v) is 5.32. The molecule has 0 aliphatic heterocycles. The van der Waals surface area contributed by atoms with Gasteiger partial charge in [-0.2, -0.15) is 13.2 Å². The molecule has 0 aliphatic carbocycles. The van der Waals surface area contributed by atoms with E-state index in [1.807, 2.05) is 12.1 Å². The van der Waals surface area contributed by atoms with Crippen LogP contribution in [0.4, 0.5) is 13.2 Å². The average Bonchev–Trinajstić information content (AvgIpc) is 2.37. The lowest BCUT2D eigenvalue weighted by molar-refractivity contribution is -0.137. The lowest BCUT2D eigenvalue weighted by atomic mass is 10.1. The van der Waals surface area contributed by atoms with Crippen molar-refractivity contribution in [1.29, 1.82) is 0 Å². The van der Waals surface area contributed by atoms with Gasteiger partial charge < -0.3 is 0 Å². The van der Waals surface area contributed by atoms with Gasteiger partial charge in [0, 0.05) is 6.20 Å². The van der Waals surface area contributed by atoms with Gasteiger partial charge in [0.05, 0.1) is 11.3 Å². The second-order valence-electron chi connectivity index (χ2n) is 3.71. The summed E-state index contributed by atoms with van der Waals surface area (Å²) in [5.41, 5.74) is 0.823. The first-order valence-electron chi connectivity index (χ1n) is 5.32. The zero-order valence-corrected chi connectivity index (χ0v) is 9.35. The minimum absolute atomic E-state index is 0.641. The molecule has 0 radical (unpaired) electrons. The second-order valence-corrected chi connectivity index (χ2v) is 3.71. The molecular weight excluding hydrogens is 239 g/mol. The highest BCUT2D eigenvalue weighted by Gasteiger charge is 2.29. The first kappa shape index (κ1) is 12.4. The summed E-state index contributed by atoms with van der Waals surface area (Å²) < 4.78 is 37.0. The number of aromatic nitrogens is 1. The van der Waals surface area contributed by atoms with Gasteiger partial charge in [0.15, 0.2) is 0 Å². The fourth-order valence-electron chi connectivity index (χ4n) is 1.44. The molecular formula is C14H10F3N. The van der Waals surface area contributed by atoms with Gasteiger partial charge in [-0.05, 0) is 35.9 Å². The number of hydrogen-bond acceptors (Lipinski definition) is 1. The quantitative estimate of drug-likeness (QED) is 0.774. The van der Waals surface area contributed by atoms with E-state index >= 15 is 0 Å². The number of alkyl halides is 3. The minimum Gasteiger partial charge on any atom is -0.257 e. The van der Waals surface area contributed by atoms with Crippen LogP contribution in [-0.4, -0.2) is 4.98 Å². The van der Waals surface area contributed by atoms with Gasteiger partial charge in [0.1, 0.15) is 0 Å². The largest absolute Gasteiger partial charge is 0.416 e. The molecule has 0 N–H and O–H groups in total. The number of benzene rings is 1. The average molecular weight is 249 g/mol. The predicted molar refractivity (Wildman–Crippen MR) is 64.6 cm³/mol. The van der Waals surface area contributed by atoms with Gasteiger partial charge in [0.25, 0.3) is 0 Å². The molecule has 0 atom stereocenters. The smallest absolute Gasteiger partial charge is 0.257 e. The van der Waals surface area contributed by atoms with E-state index in [9.17, 15) is 13.2 Å².